The maximum absolute atomic E-state index is 12.4. The van der Waals surface area contributed by atoms with E-state index in [0.717, 1.165) is 35.6 Å². The summed E-state index contributed by atoms with van der Waals surface area (Å²) in [6, 6.07) is 3.80. The zero-order valence-corrected chi connectivity index (χ0v) is 13.0. The van der Waals surface area contributed by atoms with Gasteiger partial charge >= 0.3 is 0 Å². The lowest BCUT2D eigenvalue weighted by Gasteiger charge is -2.13. The van der Waals surface area contributed by atoms with Gasteiger partial charge < -0.3 is 10.6 Å². The highest BCUT2D eigenvalue weighted by Gasteiger charge is 2.21. The summed E-state index contributed by atoms with van der Waals surface area (Å²) in [6.45, 7) is 2.00. The highest BCUT2D eigenvalue weighted by atomic mass is 16.1. The number of pyridine rings is 1. The average Bonchev–Trinajstić information content (AvgIpc) is 3.29. The normalized spacial score (nSPS) is 13.5. The molecule has 8 heteroatoms. The minimum Gasteiger partial charge on any atom is -0.347 e. The quantitative estimate of drug-likeness (QED) is 0.651. The molecule has 1 amide bonds. The van der Waals surface area contributed by atoms with Crippen molar-refractivity contribution in [1.29, 1.82) is 0 Å². The third-order valence-corrected chi connectivity index (χ3v) is 4.05. The number of carbonyl (C=O) groups is 1. The third kappa shape index (κ3) is 2.79. The van der Waals surface area contributed by atoms with Crippen LogP contribution in [0.5, 0.6) is 0 Å². The molecule has 0 aliphatic carbocycles. The zero-order chi connectivity index (χ0) is 16.4. The molecule has 4 rings (SSSR count). The second-order valence-corrected chi connectivity index (χ2v) is 5.63. The van der Waals surface area contributed by atoms with Crippen LogP contribution >= 0.6 is 0 Å². The van der Waals surface area contributed by atoms with Crippen LogP contribution in [0.25, 0.3) is 5.82 Å². The van der Waals surface area contributed by atoms with Gasteiger partial charge in [0.2, 0.25) is 0 Å². The first-order valence-corrected chi connectivity index (χ1v) is 7.79. The van der Waals surface area contributed by atoms with Gasteiger partial charge in [0.25, 0.3) is 5.91 Å². The molecule has 3 aromatic rings. The van der Waals surface area contributed by atoms with Crippen molar-refractivity contribution in [1.82, 2.24) is 35.4 Å². The van der Waals surface area contributed by atoms with Crippen molar-refractivity contribution in [2.45, 2.75) is 19.5 Å². The zero-order valence-electron chi connectivity index (χ0n) is 13.0. The fraction of sp³-hybridized carbons (Fsp3) is 0.250. The van der Waals surface area contributed by atoms with Gasteiger partial charge in [0.15, 0.2) is 5.69 Å². The molecule has 24 heavy (non-hydrogen) atoms. The Hall–Kier alpha value is -3.00. The van der Waals surface area contributed by atoms with Gasteiger partial charge in [-0.3, -0.25) is 14.5 Å². The molecule has 4 heterocycles. The second-order valence-electron chi connectivity index (χ2n) is 5.63. The van der Waals surface area contributed by atoms with E-state index < -0.39 is 0 Å². The van der Waals surface area contributed by atoms with E-state index in [4.69, 9.17) is 0 Å². The Morgan fingerprint density at radius 1 is 1.38 bits per heavy atom. The van der Waals surface area contributed by atoms with Crippen LogP contribution in [0, 0.1) is 0 Å². The molecule has 1 aliphatic heterocycles. The topological polar surface area (TPSA) is 101 Å². The molecule has 3 N–H and O–H groups in total. The van der Waals surface area contributed by atoms with Crippen LogP contribution < -0.4 is 10.6 Å². The summed E-state index contributed by atoms with van der Waals surface area (Å²) >= 11 is 0. The van der Waals surface area contributed by atoms with E-state index in [1.165, 1.54) is 0 Å². The maximum Gasteiger partial charge on any atom is 0.272 e. The Morgan fingerprint density at radius 2 is 2.33 bits per heavy atom. The molecule has 0 spiro atoms. The Bertz CT molecular complexity index is 853. The van der Waals surface area contributed by atoms with Gasteiger partial charge in [-0.1, -0.05) is 0 Å². The summed E-state index contributed by atoms with van der Waals surface area (Å²) in [5, 5.41) is 13.3. The van der Waals surface area contributed by atoms with Crippen molar-refractivity contribution in [2.24, 2.45) is 0 Å². The van der Waals surface area contributed by atoms with E-state index in [-0.39, 0.29) is 5.91 Å². The number of hydrogen-bond donors (Lipinski definition) is 3. The number of hydrogen-bond acceptors (Lipinski definition) is 5. The van der Waals surface area contributed by atoms with Crippen LogP contribution in [-0.2, 0) is 19.5 Å². The van der Waals surface area contributed by atoms with Crippen LogP contribution in [0.15, 0.2) is 37.1 Å². The van der Waals surface area contributed by atoms with Crippen molar-refractivity contribution in [3.05, 3.63) is 59.6 Å². The van der Waals surface area contributed by atoms with Gasteiger partial charge in [-0.05, 0) is 17.7 Å². The van der Waals surface area contributed by atoms with Crippen LogP contribution in [-0.4, -0.2) is 37.2 Å². The van der Waals surface area contributed by atoms with Crippen molar-refractivity contribution >= 4 is 5.91 Å². The van der Waals surface area contributed by atoms with Gasteiger partial charge in [-0.2, -0.15) is 5.10 Å². The van der Waals surface area contributed by atoms with Gasteiger partial charge in [0, 0.05) is 55.9 Å². The predicted molar refractivity (Wildman–Crippen MR) is 86.5 cm³/mol. The van der Waals surface area contributed by atoms with Crippen molar-refractivity contribution in [3.63, 3.8) is 0 Å². The van der Waals surface area contributed by atoms with E-state index in [1.54, 1.807) is 18.7 Å². The number of imidazole rings is 1. The largest absolute Gasteiger partial charge is 0.347 e. The van der Waals surface area contributed by atoms with Crippen molar-refractivity contribution in [2.75, 3.05) is 6.54 Å². The predicted octanol–water partition coefficient (Wildman–Crippen LogP) is 0.566. The van der Waals surface area contributed by atoms with E-state index >= 15 is 0 Å². The molecule has 0 unspecified atom stereocenters. The van der Waals surface area contributed by atoms with Crippen LogP contribution in [0.4, 0.5) is 0 Å². The first-order chi connectivity index (χ1) is 11.8. The number of aromatic amines is 1. The lowest BCUT2D eigenvalue weighted by atomic mass is 10.1. The number of nitrogens with one attached hydrogen (secondary N) is 3. The molecule has 122 valence electrons. The summed E-state index contributed by atoms with van der Waals surface area (Å²) in [7, 11) is 0. The van der Waals surface area contributed by atoms with Crippen LogP contribution in [0.2, 0.25) is 0 Å². The lowest BCUT2D eigenvalue weighted by molar-refractivity contribution is 0.0944. The molecule has 0 radical (unpaired) electrons. The lowest BCUT2D eigenvalue weighted by Crippen LogP contribution is -2.28. The second kappa shape index (κ2) is 6.25. The summed E-state index contributed by atoms with van der Waals surface area (Å²) in [5.41, 5.74) is 3.45. The van der Waals surface area contributed by atoms with E-state index in [0.29, 0.717) is 18.8 Å². The minimum atomic E-state index is -0.169. The molecular weight excluding hydrogens is 306 g/mol. The van der Waals surface area contributed by atoms with E-state index in [2.05, 4.69) is 30.8 Å². The molecule has 0 saturated heterocycles. The minimum absolute atomic E-state index is 0.169. The van der Waals surface area contributed by atoms with Crippen molar-refractivity contribution in [3.8, 4) is 5.82 Å². The smallest absolute Gasteiger partial charge is 0.272 e. The van der Waals surface area contributed by atoms with E-state index in [9.17, 15) is 4.79 Å². The van der Waals surface area contributed by atoms with E-state index in [1.807, 2.05) is 22.9 Å². The monoisotopic (exact) mass is 323 g/mol. The Balaban J connectivity index is 1.46. The first kappa shape index (κ1) is 14.6. The first-order valence-electron chi connectivity index (χ1n) is 7.79. The van der Waals surface area contributed by atoms with Gasteiger partial charge in [0.05, 0.1) is 0 Å². The average molecular weight is 323 g/mol. The number of carbonyl (C=O) groups excluding carboxylic acids is 1. The Kier molecular flexibility index (Phi) is 3.80. The number of fused-ring (bicyclic) bond motifs is 1. The summed E-state index contributed by atoms with van der Waals surface area (Å²) in [4.78, 5) is 20.7. The molecule has 0 atom stereocenters. The standard InChI is InChI=1S/C16H17N7O/c24-16(15-12-9-17-3-2-13(12)21-22-15)20-8-11-1-4-19-14(7-11)23-6-5-18-10-23/h1,4-7,10,17H,2-3,8-9H2,(H,20,24)(H,21,22). The highest BCUT2D eigenvalue weighted by Crippen LogP contribution is 2.15. The maximum atomic E-state index is 12.4. The van der Waals surface area contributed by atoms with Gasteiger partial charge in [0.1, 0.15) is 12.1 Å². The number of H-pyrrole nitrogens is 1. The molecule has 0 aromatic carbocycles. The van der Waals surface area contributed by atoms with Crippen molar-refractivity contribution < 1.29 is 4.79 Å². The fourth-order valence-electron chi connectivity index (χ4n) is 2.79. The molecule has 1 aliphatic rings. The molecule has 3 aromatic heterocycles. The number of amides is 1. The molecule has 0 bridgehead atoms. The van der Waals surface area contributed by atoms with Gasteiger partial charge in [-0.25, -0.2) is 9.97 Å². The molecule has 8 nitrogen and oxygen atoms in total. The number of nitrogens with zero attached hydrogens (tertiary/aromatic N) is 4. The van der Waals surface area contributed by atoms with Gasteiger partial charge in [-0.15, -0.1) is 0 Å². The molecular formula is C16H17N7O. The Labute approximate surface area is 138 Å². The summed E-state index contributed by atoms with van der Waals surface area (Å²) < 4.78 is 1.82. The van der Waals surface area contributed by atoms with Crippen LogP contribution in [0.3, 0.4) is 0 Å². The third-order valence-electron chi connectivity index (χ3n) is 4.05. The Morgan fingerprint density at radius 3 is 3.21 bits per heavy atom. The highest BCUT2D eigenvalue weighted by molar-refractivity contribution is 5.94. The van der Waals surface area contributed by atoms with Crippen LogP contribution in [0.1, 0.15) is 27.3 Å². The summed E-state index contributed by atoms with van der Waals surface area (Å²) in [5.74, 6) is 0.595. The number of aromatic nitrogens is 5. The summed E-state index contributed by atoms with van der Waals surface area (Å²) in [6.07, 6.45) is 7.80. The molecule has 0 saturated carbocycles. The number of rotatable bonds is 4. The SMILES string of the molecule is O=C(NCc1ccnc(-n2ccnc2)c1)c1n[nH]c2c1CNCC2. The fourth-order valence-corrected chi connectivity index (χ4v) is 2.79. The molecule has 0 fully saturated rings.